The molecule has 7 nitrogen and oxygen atoms in total. The molecular formula is C34H47N5O2. The molecule has 2 saturated heterocycles. The van der Waals surface area contributed by atoms with Crippen molar-refractivity contribution in [3.05, 3.63) is 30.1 Å². The number of carbonyl (C=O) groups is 1. The summed E-state index contributed by atoms with van der Waals surface area (Å²) in [5.74, 6) is 1.55. The van der Waals surface area contributed by atoms with Crippen LogP contribution in [0.15, 0.2) is 24.5 Å². The zero-order chi connectivity index (χ0) is 27.6. The summed E-state index contributed by atoms with van der Waals surface area (Å²) >= 11 is 0. The fourth-order valence-corrected chi connectivity index (χ4v) is 8.44. The molecule has 5 fully saturated rings. The molecule has 1 amide bonds. The van der Waals surface area contributed by atoms with E-state index in [9.17, 15) is 4.79 Å². The van der Waals surface area contributed by atoms with Gasteiger partial charge in [0.15, 0.2) is 0 Å². The highest BCUT2D eigenvalue weighted by Crippen LogP contribution is 2.51. The third kappa shape index (κ3) is 4.81. The maximum absolute atomic E-state index is 13.3. The molecule has 1 atom stereocenters. The number of hydrogen-bond donors (Lipinski definition) is 1. The molecule has 41 heavy (non-hydrogen) atoms. The van der Waals surface area contributed by atoms with E-state index in [1.807, 2.05) is 6.20 Å². The lowest BCUT2D eigenvalue weighted by molar-refractivity contribution is -0.120. The lowest BCUT2D eigenvalue weighted by Gasteiger charge is -2.55. The second-order valence-electron chi connectivity index (χ2n) is 14.3. The fourth-order valence-electron chi connectivity index (χ4n) is 8.44. The Morgan fingerprint density at radius 1 is 1.00 bits per heavy atom. The van der Waals surface area contributed by atoms with Crippen LogP contribution in [0.3, 0.4) is 0 Å². The third-order valence-corrected chi connectivity index (χ3v) is 11.6. The van der Waals surface area contributed by atoms with Gasteiger partial charge in [-0.25, -0.2) is 0 Å². The van der Waals surface area contributed by atoms with Crippen molar-refractivity contribution >= 4 is 11.6 Å². The first-order chi connectivity index (χ1) is 20.1. The third-order valence-electron chi connectivity index (χ3n) is 11.6. The number of nitrogens with zero attached hydrogens (tertiary/aromatic N) is 4. The van der Waals surface area contributed by atoms with Crippen LogP contribution in [0.4, 0.5) is 5.69 Å². The topological polar surface area (TPSA) is 62.6 Å². The molecule has 3 saturated carbocycles. The van der Waals surface area contributed by atoms with Gasteiger partial charge in [-0.1, -0.05) is 0 Å². The van der Waals surface area contributed by atoms with Crippen molar-refractivity contribution < 1.29 is 9.53 Å². The summed E-state index contributed by atoms with van der Waals surface area (Å²) < 4.78 is 8.98. The van der Waals surface area contributed by atoms with Crippen LogP contribution in [0.5, 0.6) is 5.75 Å². The number of anilines is 1. The number of fused-ring (bicyclic) bond motifs is 1. The van der Waals surface area contributed by atoms with Crippen LogP contribution < -0.4 is 15.0 Å². The number of piperidine rings is 2. The van der Waals surface area contributed by atoms with E-state index in [1.54, 1.807) is 0 Å². The highest BCUT2D eigenvalue weighted by molar-refractivity contribution is 5.99. The molecule has 4 heterocycles. The SMILES string of the molecule is C[C@H]1CCc2c(ccc(-c3cnn(C4CCN(C5CC6(CCNCC6)C5)CC4)c3)c2OC2CCC2)N1C(=O)C1CC1. The molecule has 2 aromatic rings. The van der Waals surface area contributed by atoms with Gasteiger partial charge < -0.3 is 19.9 Å². The molecule has 0 radical (unpaired) electrons. The number of hydrogen-bond acceptors (Lipinski definition) is 5. The van der Waals surface area contributed by atoms with Crippen molar-refractivity contribution in [1.82, 2.24) is 20.0 Å². The van der Waals surface area contributed by atoms with Crippen molar-refractivity contribution in [3.8, 4) is 16.9 Å². The summed E-state index contributed by atoms with van der Waals surface area (Å²) in [6.45, 7) is 7.01. The Kier molecular flexibility index (Phi) is 6.67. The van der Waals surface area contributed by atoms with Crippen LogP contribution in [0.25, 0.3) is 11.1 Å². The number of aromatic nitrogens is 2. The molecule has 0 unspecified atom stereocenters. The van der Waals surface area contributed by atoms with Gasteiger partial charge in [0.1, 0.15) is 5.75 Å². The number of likely N-dealkylation sites (tertiary alicyclic amines) is 1. The molecule has 0 bridgehead atoms. The number of nitrogens with one attached hydrogen (secondary N) is 1. The summed E-state index contributed by atoms with van der Waals surface area (Å²) in [5, 5.41) is 8.45. The Morgan fingerprint density at radius 3 is 2.49 bits per heavy atom. The van der Waals surface area contributed by atoms with Crippen molar-refractivity contribution in [1.29, 1.82) is 0 Å². The van der Waals surface area contributed by atoms with Crippen LogP contribution in [0.1, 0.15) is 95.6 Å². The summed E-state index contributed by atoms with van der Waals surface area (Å²) in [5.41, 5.74) is 5.26. The van der Waals surface area contributed by atoms with Gasteiger partial charge in [-0.2, -0.15) is 5.10 Å². The first kappa shape index (κ1) is 26.3. The zero-order valence-corrected chi connectivity index (χ0v) is 24.8. The van der Waals surface area contributed by atoms with Crippen LogP contribution in [0.2, 0.25) is 0 Å². The standard InChI is InChI=1S/C34H47N5O2/c1-23-5-8-30-31(39(23)33(40)24-6-7-24)10-9-29(32(30)41-28-3-2-4-28)25-21-36-38(22-25)26-11-17-37(18-12-26)27-19-34(20-27)13-15-35-16-14-34/h9-10,21-24,26-28,35H,2-8,11-20H2,1H3/t23-/m0/s1. The highest BCUT2D eigenvalue weighted by atomic mass is 16.5. The number of carbonyl (C=O) groups excluding carboxylic acids is 1. The molecule has 3 aliphatic heterocycles. The first-order valence-corrected chi connectivity index (χ1v) is 16.7. The minimum Gasteiger partial charge on any atom is -0.489 e. The van der Waals surface area contributed by atoms with Gasteiger partial charge in [0.2, 0.25) is 5.91 Å². The lowest BCUT2D eigenvalue weighted by atomic mass is 9.60. The van der Waals surface area contributed by atoms with Crippen molar-refractivity contribution in [3.63, 3.8) is 0 Å². The number of rotatable bonds is 6. The quantitative estimate of drug-likeness (QED) is 0.492. The molecule has 6 aliphatic rings. The van der Waals surface area contributed by atoms with E-state index in [0.717, 1.165) is 67.1 Å². The predicted octanol–water partition coefficient (Wildman–Crippen LogP) is 5.73. The highest BCUT2D eigenvalue weighted by Gasteiger charge is 2.47. The van der Waals surface area contributed by atoms with E-state index < -0.39 is 0 Å². The van der Waals surface area contributed by atoms with Crippen LogP contribution in [0, 0.1) is 11.3 Å². The summed E-state index contributed by atoms with van der Waals surface area (Å²) in [7, 11) is 0. The van der Waals surface area contributed by atoms with Crippen LogP contribution in [-0.4, -0.2) is 65.0 Å². The fraction of sp³-hybridized carbons (Fsp3) is 0.706. The van der Waals surface area contributed by atoms with Gasteiger partial charge in [0.05, 0.1) is 24.0 Å². The van der Waals surface area contributed by atoms with Gasteiger partial charge in [-0.05, 0) is 121 Å². The van der Waals surface area contributed by atoms with Crippen molar-refractivity contribution in [2.45, 2.75) is 115 Å². The Balaban J connectivity index is 0.999. The number of amides is 1. The van der Waals surface area contributed by atoms with Gasteiger partial charge in [-0.15, -0.1) is 0 Å². The van der Waals surface area contributed by atoms with Crippen LogP contribution in [-0.2, 0) is 11.2 Å². The second-order valence-corrected chi connectivity index (χ2v) is 14.3. The van der Waals surface area contributed by atoms with Crippen molar-refractivity contribution in [2.75, 3.05) is 31.1 Å². The van der Waals surface area contributed by atoms with E-state index >= 15 is 0 Å². The minimum absolute atomic E-state index is 0.221. The molecule has 7 heteroatoms. The van der Waals surface area contributed by atoms with E-state index in [2.05, 4.69) is 45.1 Å². The Bertz CT molecular complexity index is 1270. The molecule has 1 aromatic carbocycles. The van der Waals surface area contributed by atoms with Crippen LogP contribution >= 0.6 is 0 Å². The maximum Gasteiger partial charge on any atom is 0.230 e. The van der Waals surface area contributed by atoms with Crippen molar-refractivity contribution in [2.24, 2.45) is 11.3 Å². The largest absolute Gasteiger partial charge is 0.489 e. The van der Waals surface area contributed by atoms with E-state index in [0.29, 0.717) is 23.5 Å². The Labute approximate surface area is 245 Å². The summed E-state index contributed by atoms with van der Waals surface area (Å²) in [6, 6.07) is 5.91. The Hall–Kier alpha value is -2.38. The maximum atomic E-state index is 13.3. The minimum atomic E-state index is 0.221. The zero-order valence-electron chi connectivity index (χ0n) is 24.8. The monoisotopic (exact) mass is 557 g/mol. The first-order valence-electron chi connectivity index (χ1n) is 16.7. The van der Waals surface area contributed by atoms with E-state index in [-0.39, 0.29) is 12.0 Å². The van der Waals surface area contributed by atoms with Gasteiger partial charge >= 0.3 is 0 Å². The van der Waals surface area contributed by atoms with E-state index in [4.69, 9.17) is 9.84 Å². The van der Waals surface area contributed by atoms with E-state index in [1.165, 1.54) is 76.7 Å². The number of benzene rings is 1. The number of ether oxygens (including phenoxy) is 1. The summed E-state index contributed by atoms with van der Waals surface area (Å²) in [4.78, 5) is 18.2. The molecule has 220 valence electrons. The Morgan fingerprint density at radius 2 is 1.78 bits per heavy atom. The average molecular weight is 558 g/mol. The molecule has 8 rings (SSSR count). The molecule has 1 aromatic heterocycles. The van der Waals surface area contributed by atoms with Gasteiger partial charge in [0, 0.05) is 54.0 Å². The lowest BCUT2D eigenvalue weighted by Crippen LogP contribution is -2.56. The second kappa shape index (κ2) is 10.4. The normalized spacial score (nSPS) is 27.3. The van der Waals surface area contributed by atoms with Gasteiger partial charge in [-0.3, -0.25) is 9.48 Å². The summed E-state index contributed by atoms with van der Waals surface area (Å²) in [6.07, 6.45) is 20.1. The molecular weight excluding hydrogens is 510 g/mol. The average Bonchev–Trinajstić information content (AvgIpc) is 3.70. The smallest absolute Gasteiger partial charge is 0.230 e. The van der Waals surface area contributed by atoms with Gasteiger partial charge in [0.25, 0.3) is 0 Å². The molecule has 1 spiro atoms. The molecule has 3 aliphatic carbocycles. The molecule has 1 N–H and O–H groups in total. The predicted molar refractivity (Wildman–Crippen MR) is 161 cm³/mol.